The lowest BCUT2D eigenvalue weighted by atomic mass is 10.0. The Morgan fingerprint density at radius 2 is 1.72 bits per heavy atom. The summed E-state index contributed by atoms with van der Waals surface area (Å²) in [6.45, 7) is 3.28. The molecule has 2 aliphatic heterocycles. The zero-order chi connectivity index (χ0) is 22.8. The minimum atomic E-state index is -0.496. The highest BCUT2D eigenvalue weighted by molar-refractivity contribution is 6.35. The topological polar surface area (TPSA) is 95.8 Å². The number of nitrogens with one attached hydrogen (secondary N) is 1. The lowest BCUT2D eigenvalue weighted by Gasteiger charge is -2.35. The summed E-state index contributed by atoms with van der Waals surface area (Å²) in [4.78, 5) is 41.9. The van der Waals surface area contributed by atoms with Crippen molar-refractivity contribution in [3.05, 3.63) is 51.3 Å². The van der Waals surface area contributed by atoms with Crippen LogP contribution in [0.15, 0.2) is 28.8 Å². The van der Waals surface area contributed by atoms with Crippen LogP contribution in [0, 0.1) is 6.92 Å². The van der Waals surface area contributed by atoms with E-state index in [4.69, 9.17) is 27.7 Å². The van der Waals surface area contributed by atoms with E-state index in [2.05, 4.69) is 10.5 Å². The van der Waals surface area contributed by atoms with Gasteiger partial charge in [-0.2, -0.15) is 0 Å². The molecule has 1 atom stereocenters. The van der Waals surface area contributed by atoms with Crippen LogP contribution in [0.3, 0.4) is 0 Å². The first kappa shape index (κ1) is 22.6. The van der Waals surface area contributed by atoms with Crippen LogP contribution in [-0.4, -0.2) is 64.4 Å². The standard InChI is InChI=1S/C22H24Cl2N4O4/c1-13-9-18(26-32-13)20(29)25-17-4-7-27(8-5-17)22(31)19-3-2-6-28(19)21(30)14-10-15(23)12-16(24)11-14/h9-12,17,19H,2-8H2,1H3,(H,25,29)/t19-/m1/s1. The van der Waals surface area contributed by atoms with Gasteiger partial charge in [0.15, 0.2) is 5.69 Å². The first-order valence-corrected chi connectivity index (χ1v) is 11.4. The van der Waals surface area contributed by atoms with Gasteiger partial charge >= 0.3 is 0 Å². The van der Waals surface area contributed by atoms with Gasteiger partial charge < -0.3 is 19.6 Å². The Bertz CT molecular complexity index is 1010. The zero-order valence-electron chi connectivity index (χ0n) is 17.6. The first-order valence-electron chi connectivity index (χ1n) is 10.6. The van der Waals surface area contributed by atoms with Gasteiger partial charge in [0.05, 0.1) is 0 Å². The molecule has 0 unspecified atom stereocenters. The van der Waals surface area contributed by atoms with Crippen molar-refractivity contribution in [2.24, 2.45) is 0 Å². The van der Waals surface area contributed by atoms with Gasteiger partial charge in [-0.15, -0.1) is 0 Å². The van der Waals surface area contributed by atoms with Crippen LogP contribution >= 0.6 is 23.2 Å². The van der Waals surface area contributed by atoms with E-state index in [9.17, 15) is 14.4 Å². The Morgan fingerprint density at radius 3 is 2.34 bits per heavy atom. The average molecular weight is 479 g/mol. The molecule has 2 aliphatic rings. The van der Waals surface area contributed by atoms with Gasteiger partial charge in [0.1, 0.15) is 11.8 Å². The molecule has 32 heavy (non-hydrogen) atoms. The third-order valence-electron chi connectivity index (χ3n) is 5.91. The van der Waals surface area contributed by atoms with Crippen LogP contribution in [0.4, 0.5) is 0 Å². The molecule has 3 heterocycles. The molecule has 2 aromatic rings. The van der Waals surface area contributed by atoms with E-state index < -0.39 is 6.04 Å². The highest BCUT2D eigenvalue weighted by Crippen LogP contribution is 2.26. The van der Waals surface area contributed by atoms with Crippen LogP contribution in [0.1, 0.15) is 52.3 Å². The van der Waals surface area contributed by atoms with Gasteiger partial charge in [0, 0.05) is 47.4 Å². The fraction of sp³-hybridized carbons (Fsp3) is 0.455. The number of nitrogens with zero attached hydrogens (tertiary/aromatic N) is 3. The SMILES string of the molecule is Cc1cc(C(=O)NC2CCN(C(=O)[C@H]3CCCN3C(=O)c3cc(Cl)cc(Cl)c3)CC2)no1. The molecule has 2 fully saturated rings. The molecule has 10 heteroatoms. The van der Waals surface area contributed by atoms with Crippen LogP contribution in [-0.2, 0) is 4.79 Å². The molecule has 8 nitrogen and oxygen atoms in total. The normalized spacial score (nSPS) is 19.3. The summed E-state index contributed by atoms with van der Waals surface area (Å²) in [6, 6.07) is 5.76. The van der Waals surface area contributed by atoms with E-state index >= 15 is 0 Å². The zero-order valence-corrected chi connectivity index (χ0v) is 19.2. The molecule has 0 radical (unpaired) electrons. The number of benzene rings is 1. The van der Waals surface area contributed by atoms with E-state index in [1.165, 1.54) is 0 Å². The smallest absolute Gasteiger partial charge is 0.273 e. The summed E-state index contributed by atoms with van der Waals surface area (Å²) >= 11 is 12.1. The minimum absolute atomic E-state index is 0.0431. The Kier molecular flexibility index (Phi) is 6.71. The van der Waals surface area contributed by atoms with Crippen molar-refractivity contribution in [2.75, 3.05) is 19.6 Å². The molecular weight excluding hydrogens is 455 g/mol. The molecule has 4 rings (SSSR count). The Balaban J connectivity index is 1.35. The average Bonchev–Trinajstić information content (AvgIpc) is 3.42. The molecule has 2 saturated heterocycles. The largest absolute Gasteiger partial charge is 0.361 e. The van der Waals surface area contributed by atoms with Crippen molar-refractivity contribution in [3.63, 3.8) is 0 Å². The number of rotatable bonds is 4. The Hall–Kier alpha value is -2.58. The summed E-state index contributed by atoms with van der Waals surface area (Å²) in [7, 11) is 0. The number of aryl methyl sites for hydroxylation is 1. The van der Waals surface area contributed by atoms with Crippen molar-refractivity contribution >= 4 is 40.9 Å². The van der Waals surface area contributed by atoms with E-state index in [1.54, 1.807) is 41.0 Å². The van der Waals surface area contributed by atoms with Gasteiger partial charge in [0.25, 0.3) is 11.8 Å². The van der Waals surface area contributed by atoms with Crippen LogP contribution in [0.25, 0.3) is 0 Å². The van der Waals surface area contributed by atoms with E-state index in [0.29, 0.717) is 60.3 Å². The predicted molar refractivity (Wildman–Crippen MR) is 119 cm³/mol. The Morgan fingerprint density at radius 1 is 1.03 bits per heavy atom. The number of hydrogen-bond acceptors (Lipinski definition) is 5. The number of halogens is 2. The molecule has 0 aliphatic carbocycles. The fourth-order valence-electron chi connectivity index (χ4n) is 4.30. The second-order valence-corrected chi connectivity index (χ2v) is 9.08. The van der Waals surface area contributed by atoms with Gasteiger partial charge in [-0.05, 0) is 50.8 Å². The number of piperidine rings is 1. The highest BCUT2D eigenvalue weighted by atomic mass is 35.5. The van der Waals surface area contributed by atoms with Crippen LogP contribution < -0.4 is 5.32 Å². The lowest BCUT2D eigenvalue weighted by molar-refractivity contribution is -0.136. The summed E-state index contributed by atoms with van der Waals surface area (Å²) in [5, 5.41) is 7.44. The van der Waals surface area contributed by atoms with Crippen molar-refractivity contribution < 1.29 is 18.9 Å². The molecule has 3 amide bonds. The van der Waals surface area contributed by atoms with Gasteiger partial charge in [0.2, 0.25) is 5.91 Å². The number of amides is 3. The number of likely N-dealkylation sites (tertiary alicyclic amines) is 2. The summed E-state index contributed by atoms with van der Waals surface area (Å²) in [5.74, 6) is 0.00170. The van der Waals surface area contributed by atoms with Crippen LogP contribution in [0.2, 0.25) is 10.0 Å². The molecule has 0 saturated carbocycles. The molecule has 1 N–H and O–H groups in total. The quantitative estimate of drug-likeness (QED) is 0.726. The molecule has 170 valence electrons. The molecular formula is C22H24Cl2N4O4. The number of hydrogen-bond donors (Lipinski definition) is 1. The second kappa shape index (κ2) is 9.50. The van der Waals surface area contributed by atoms with E-state index in [1.807, 2.05) is 0 Å². The summed E-state index contributed by atoms with van der Waals surface area (Å²) < 4.78 is 4.94. The highest BCUT2D eigenvalue weighted by Gasteiger charge is 2.38. The van der Waals surface area contributed by atoms with Gasteiger partial charge in [-0.1, -0.05) is 28.4 Å². The summed E-state index contributed by atoms with van der Waals surface area (Å²) in [6.07, 6.45) is 2.67. The number of carbonyl (C=O) groups is 3. The minimum Gasteiger partial charge on any atom is -0.361 e. The number of aromatic nitrogens is 1. The predicted octanol–water partition coefficient (Wildman–Crippen LogP) is 3.32. The van der Waals surface area contributed by atoms with Gasteiger partial charge in [-0.25, -0.2) is 0 Å². The van der Waals surface area contributed by atoms with Crippen molar-refractivity contribution in [2.45, 2.75) is 44.7 Å². The molecule has 1 aromatic carbocycles. The molecule has 1 aromatic heterocycles. The third-order valence-corrected chi connectivity index (χ3v) is 6.35. The van der Waals surface area contributed by atoms with Gasteiger partial charge in [-0.3, -0.25) is 14.4 Å². The van der Waals surface area contributed by atoms with Crippen LogP contribution in [0.5, 0.6) is 0 Å². The maximum Gasteiger partial charge on any atom is 0.273 e. The summed E-state index contributed by atoms with van der Waals surface area (Å²) in [5.41, 5.74) is 0.633. The fourth-order valence-corrected chi connectivity index (χ4v) is 4.82. The number of carbonyl (C=O) groups excluding carboxylic acids is 3. The van der Waals surface area contributed by atoms with Crippen molar-refractivity contribution in [1.82, 2.24) is 20.3 Å². The van der Waals surface area contributed by atoms with E-state index in [-0.39, 0.29) is 29.5 Å². The Labute approximate surface area is 195 Å². The second-order valence-electron chi connectivity index (χ2n) is 8.21. The monoisotopic (exact) mass is 478 g/mol. The van der Waals surface area contributed by atoms with Crippen molar-refractivity contribution in [1.29, 1.82) is 0 Å². The lowest BCUT2D eigenvalue weighted by Crippen LogP contribution is -2.52. The first-order chi connectivity index (χ1) is 15.3. The third kappa shape index (κ3) is 4.91. The van der Waals surface area contributed by atoms with Crippen molar-refractivity contribution in [3.8, 4) is 0 Å². The maximum absolute atomic E-state index is 13.2. The molecule has 0 spiro atoms. The van der Waals surface area contributed by atoms with E-state index in [0.717, 1.165) is 6.42 Å². The maximum atomic E-state index is 13.2. The molecule has 0 bridgehead atoms.